The minimum Gasteiger partial charge on any atom is -0.394 e. The number of carbonyl (C=O) groups excluding carboxylic acids is 1. The minimum atomic E-state index is -4.46. The number of aliphatic hydroxyl groups is 3. The zero-order chi connectivity index (χ0) is 29.6. The smallest absolute Gasteiger partial charge is 0.272 e. The molecule has 5 N–H and O–H groups in total. The Balaban J connectivity index is 1.48. The molecule has 2 fully saturated rings. The largest absolute Gasteiger partial charge is 0.394 e. The Labute approximate surface area is 244 Å². The van der Waals surface area contributed by atoms with Crippen LogP contribution in [0.25, 0.3) is 22.7 Å². The van der Waals surface area contributed by atoms with Gasteiger partial charge >= 0.3 is 0 Å². The minimum absolute atomic E-state index is 0.00279. The molecule has 1 saturated carbocycles. The molecule has 0 bridgehead atoms. The number of halogens is 1. The van der Waals surface area contributed by atoms with Gasteiger partial charge in [-0.15, -0.1) is 0 Å². The maximum Gasteiger partial charge on any atom is 0.272 e. The SMILES string of the molecule is O=CN(c1cn[nH]c1-c1nc(NC2CCCC2)c2ncn([C@@H]3O[C@H](CO)C(O)C3O)c2n1)S(=O)(=O)c1ccccc1Cl. The molecule has 0 spiro atoms. The van der Waals surface area contributed by atoms with Crippen molar-refractivity contribution in [3.05, 3.63) is 41.8 Å². The molecule has 4 aromatic rings. The van der Waals surface area contributed by atoms with Gasteiger partial charge in [0, 0.05) is 6.04 Å². The fraction of sp³-hybridized carbons (Fsp3) is 0.400. The van der Waals surface area contributed by atoms with Crippen LogP contribution in [0, 0.1) is 0 Å². The van der Waals surface area contributed by atoms with Crippen molar-refractivity contribution in [1.82, 2.24) is 29.7 Å². The van der Waals surface area contributed by atoms with E-state index in [9.17, 15) is 28.5 Å². The molecule has 1 aliphatic carbocycles. The van der Waals surface area contributed by atoms with Crippen LogP contribution in [0.2, 0.25) is 5.02 Å². The Morgan fingerprint density at radius 1 is 1.19 bits per heavy atom. The number of sulfonamides is 1. The van der Waals surface area contributed by atoms with Crippen LogP contribution in [-0.4, -0.2) is 90.8 Å². The van der Waals surface area contributed by atoms with Gasteiger partial charge in [-0.25, -0.2) is 27.7 Å². The molecule has 222 valence electrons. The van der Waals surface area contributed by atoms with Crippen LogP contribution in [0.5, 0.6) is 0 Å². The highest BCUT2D eigenvalue weighted by molar-refractivity contribution is 7.93. The van der Waals surface area contributed by atoms with Crippen LogP contribution >= 0.6 is 11.6 Å². The lowest BCUT2D eigenvalue weighted by atomic mass is 10.1. The summed E-state index contributed by atoms with van der Waals surface area (Å²) in [7, 11) is -4.46. The molecule has 17 heteroatoms. The molecule has 2 aliphatic rings. The van der Waals surface area contributed by atoms with Crippen LogP contribution < -0.4 is 9.62 Å². The van der Waals surface area contributed by atoms with Crippen molar-refractivity contribution in [2.75, 3.05) is 16.2 Å². The summed E-state index contributed by atoms with van der Waals surface area (Å²) >= 11 is 6.15. The molecular weight excluding hydrogens is 592 g/mol. The topological polar surface area (TPSA) is 209 Å². The number of carbonyl (C=O) groups is 1. The van der Waals surface area contributed by atoms with Gasteiger partial charge in [0.15, 0.2) is 29.0 Å². The monoisotopic (exact) mass is 618 g/mol. The van der Waals surface area contributed by atoms with Crippen molar-refractivity contribution in [1.29, 1.82) is 0 Å². The standard InChI is InChI=1S/C25H27ClN8O7S/c26-14-7-3-4-8-17(14)42(39,40)34(12-36)15-9-28-32-18(15)22-30-23(29-13-5-1-2-6-13)19-24(31-22)33(11-27-19)25-21(38)20(37)16(10-35)41-25/h3-4,7-9,11-13,16,20-21,25,35,37-38H,1-2,5-6,10H2,(H,28,32)(H,29,30,31)/t16-,20?,21?,25-/m1/s1. The Morgan fingerprint density at radius 3 is 2.64 bits per heavy atom. The Kier molecular flexibility index (Phi) is 7.59. The van der Waals surface area contributed by atoms with Crippen molar-refractivity contribution in [2.45, 2.75) is 61.2 Å². The number of anilines is 2. The lowest BCUT2D eigenvalue weighted by Crippen LogP contribution is -2.33. The number of imidazole rings is 1. The lowest BCUT2D eigenvalue weighted by Gasteiger charge is -2.19. The first kappa shape index (κ1) is 28.4. The highest BCUT2D eigenvalue weighted by Gasteiger charge is 2.44. The number of hydrogen-bond donors (Lipinski definition) is 5. The first-order valence-corrected chi connectivity index (χ1v) is 15.0. The molecule has 1 saturated heterocycles. The highest BCUT2D eigenvalue weighted by Crippen LogP contribution is 2.36. The summed E-state index contributed by atoms with van der Waals surface area (Å²) in [5.74, 6) is 0.296. The summed E-state index contributed by atoms with van der Waals surface area (Å²) in [5, 5.41) is 40.5. The van der Waals surface area contributed by atoms with Crippen LogP contribution in [-0.2, 0) is 19.6 Å². The number of fused-ring (bicyclic) bond motifs is 1. The molecule has 4 heterocycles. The number of hydrogen-bond acceptors (Lipinski definition) is 12. The molecule has 42 heavy (non-hydrogen) atoms. The summed E-state index contributed by atoms with van der Waals surface area (Å²) < 4.78 is 34.6. The van der Waals surface area contributed by atoms with E-state index in [1.54, 1.807) is 6.07 Å². The van der Waals surface area contributed by atoms with E-state index >= 15 is 0 Å². The average molecular weight is 619 g/mol. The predicted octanol–water partition coefficient (Wildman–Crippen LogP) is 1.19. The first-order chi connectivity index (χ1) is 20.2. The van der Waals surface area contributed by atoms with Gasteiger partial charge in [0.2, 0.25) is 6.41 Å². The number of benzene rings is 1. The number of amides is 1. The molecule has 3 aromatic heterocycles. The van der Waals surface area contributed by atoms with Gasteiger partial charge in [-0.3, -0.25) is 14.5 Å². The fourth-order valence-corrected chi connectivity index (χ4v) is 7.02. The third-order valence-electron chi connectivity index (χ3n) is 7.46. The first-order valence-electron chi connectivity index (χ1n) is 13.2. The van der Waals surface area contributed by atoms with E-state index < -0.39 is 41.2 Å². The average Bonchev–Trinajstić information content (AvgIpc) is 3.78. The predicted molar refractivity (Wildman–Crippen MR) is 149 cm³/mol. The molecule has 1 aromatic carbocycles. The van der Waals surface area contributed by atoms with E-state index in [2.05, 4.69) is 30.5 Å². The van der Waals surface area contributed by atoms with Gasteiger partial charge in [0.05, 0.1) is 24.2 Å². The van der Waals surface area contributed by atoms with E-state index in [-0.39, 0.29) is 45.2 Å². The second kappa shape index (κ2) is 11.2. The van der Waals surface area contributed by atoms with Gasteiger partial charge in [-0.1, -0.05) is 36.6 Å². The second-order valence-electron chi connectivity index (χ2n) is 10.0. The fourth-order valence-electron chi connectivity index (χ4n) is 5.30. The summed E-state index contributed by atoms with van der Waals surface area (Å²) in [4.78, 5) is 25.6. The number of nitrogens with zero attached hydrogens (tertiary/aromatic N) is 6. The van der Waals surface area contributed by atoms with Crippen LogP contribution in [0.3, 0.4) is 0 Å². The third kappa shape index (κ3) is 4.79. The van der Waals surface area contributed by atoms with Crippen molar-refractivity contribution in [3.8, 4) is 11.5 Å². The van der Waals surface area contributed by atoms with Gasteiger partial charge in [0.25, 0.3) is 10.0 Å². The van der Waals surface area contributed by atoms with E-state index in [0.717, 1.165) is 31.9 Å². The highest BCUT2D eigenvalue weighted by atomic mass is 35.5. The molecule has 6 rings (SSSR count). The summed E-state index contributed by atoms with van der Waals surface area (Å²) in [6.07, 6.45) is 1.60. The summed E-state index contributed by atoms with van der Waals surface area (Å²) in [5.41, 5.74) is 0.362. The molecule has 4 atom stereocenters. The van der Waals surface area contributed by atoms with Crippen LogP contribution in [0.15, 0.2) is 41.7 Å². The number of aromatic nitrogens is 6. The van der Waals surface area contributed by atoms with E-state index in [4.69, 9.17) is 16.3 Å². The number of aliphatic hydroxyl groups excluding tert-OH is 3. The van der Waals surface area contributed by atoms with Crippen molar-refractivity contribution in [3.63, 3.8) is 0 Å². The Bertz CT molecular complexity index is 1720. The Morgan fingerprint density at radius 2 is 1.95 bits per heavy atom. The number of aromatic amines is 1. The molecule has 2 unspecified atom stereocenters. The van der Waals surface area contributed by atoms with E-state index in [1.807, 2.05) is 0 Å². The summed E-state index contributed by atoms with van der Waals surface area (Å²) in [6, 6.07) is 5.82. The molecular formula is C25H27ClN8O7S. The number of nitrogens with one attached hydrogen (secondary N) is 2. The van der Waals surface area contributed by atoms with E-state index in [0.29, 0.717) is 15.6 Å². The maximum atomic E-state index is 13.5. The molecule has 15 nitrogen and oxygen atoms in total. The van der Waals surface area contributed by atoms with Crippen molar-refractivity contribution in [2.24, 2.45) is 0 Å². The molecule has 1 amide bonds. The zero-order valence-corrected chi connectivity index (χ0v) is 23.5. The third-order valence-corrected chi connectivity index (χ3v) is 9.61. The van der Waals surface area contributed by atoms with Crippen molar-refractivity contribution < 1.29 is 33.3 Å². The molecule has 0 radical (unpaired) electrons. The van der Waals surface area contributed by atoms with Crippen LogP contribution in [0.1, 0.15) is 31.9 Å². The van der Waals surface area contributed by atoms with Crippen LogP contribution in [0.4, 0.5) is 11.5 Å². The Hall–Kier alpha value is -3.67. The lowest BCUT2D eigenvalue weighted by molar-refractivity contribution is -0.106. The van der Waals surface area contributed by atoms with Gasteiger partial charge < -0.3 is 25.4 Å². The van der Waals surface area contributed by atoms with Gasteiger partial charge in [-0.05, 0) is 25.0 Å². The molecule has 1 aliphatic heterocycles. The van der Waals surface area contributed by atoms with E-state index in [1.165, 1.54) is 29.1 Å². The zero-order valence-electron chi connectivity index (χ0n) is 21.9. The quantitative estimate of drug-likeness (QED) is 0.168. The van der Waals surface area contributed by atoms with Gasteiger partial charge in [-0.2, -0.15) is 5.10 Å². The summed E-state index contributed by atoms with van der Waals surface area (Å²) in [6.45, 7) is -0.519. The van der Waals surface area contributed by atoms with Gasteiger partial charge in [0.1, 0.15) is 34.6 Å². The number of ether oxygens (including phenoxy) is 1. The number of rotatable bonds is 9. The second-order valence-corrected chi connectivity index (χ2v) is 12.2. The van der Waals surface area contributed by atoms with Crippen molar-refractivity contribution >= 4 is 50.7 Å². The maximum absolute atomic E-state index is 13.5. The normalized spacial score (nSPS) is 23.0. The number of H-pyrrole nitrogens is 1.